The van der Waals surface area contributed by atoms with Crippen LogP contribution in [0.1, 0.15) is 62.9 Å². The molecule has 7 heteroatoms. The first-order valence-electron chi connectivity index (χ1n) is 9.15. The summed E-state index contributed by atoms with van der Waals surface area (Å²) in [6, 6.07) is 6.54. The number of benzene rings is 1. The molecule has 1 aromatic rings. The zero-order valence-corrected chi connectivity index (χ0v) is 16.3. The van der Waals surface area contributed by atoms with E-state index in [1.165, 1.54) is 6.92 Å². The third kappa shape index (κ3) is 8.48. The number of Topliss-reactive ketones (excluding diaryl/α,β-unsaturated/α-hetero) is 1. The standard InChI is InChI=1S/C20H28N2O5/c1-5-6-15-7-9-16(10-8-15)17(23)11-12-18(24)27-14(4)19(25)22-20(26)21-13(2)3/h7-10,13-14H,5-6,11-12H2,1-4H3,(H2,21,22,25,26)/t14-/m0/s1. The zero-order valence-electron chi connectivity index (χ0n) is 16.3. The highest BCUT2D eigenvalue weighted by atomic mass is 16.5. The maximum absolute atomic E-state index is 12.1. The van der Waals surface area contributed by atoms with Gasteiger partial charge in [-0.2, -0.15) is 0 Å². The molecule has 0 saturated heterocycles. The molecule has 3 amide bonds. The van der Waals surface area contributed by atoms with Crippen molar-refractivity contribution >= 4 is 23.7 Å². The molecule has 27 heavy (non-hydrogen) atoms. The van der Waals surface area contributed by atoms with E-state index in [-0.39, 0.29) is 24.7 Å². The minimum atomic E-state index is -1.13. The van der Waals surface area contributed by atoms with E-state index in [0.717, 1.165) is 18.4 Å². The van der Waals surface area contributed by atoms with Gasteiger partial charge in [0, 0.05) is 18.0 Å². The molecule has 7 nitrogen and oxygen atoms in total. The summed E-state index contributed by atoms with van der Waals surface area (Å²) in [7, 11) is 0. The number of hydrogen-bond acceptors (Lipinski definition) is 5. The molecule has 0 fully saturated rings. The van der Waals surface area contributed by atoms with Crippen LogP contribution < -0.4 is 10.6 Å². The van der Waals surface area contributed by atoms with Crippen LogP contribution >= 0.6 is 0 Å². The molecule has 0 heterocycles. The number of rotatable bonds is 9. The Bertz CT molecular complexity index is 667. The lowest BCUT2D eigenvalue weighted by atomic mass is 10.0. The van der Waals surface area contributed by atoms with Gasteiger partial charge < -0.3 is 10.1 Å². The summed E-state index contributed by atoms with van der Waals surface area (Å²) in [5, 5.41) is 4.59. The summed E-state index contributed by atoms with van der Waals surface area (Å²) in [6.07, 6.45) is 0.721. The number of amides is 3. The number of urea groups is 1. The average Bonchev–Trinajstić information content (AvgIpc) is 2.59. The number of carbonyl (C=O) groups excluding carboxylic acids is 4. The Hall–Kier alpha value is -2.70. The summed E-state index contributed by atoms with van der Waals surface area (Å²) < 4.78 is 4.97. The average molecular weight is 376 g/mol. The van der Waals surface area contributed by atoms with Gasteiger partial charge in [-0.3, -0.25) is 19.7 Å². The molecule has 1 atom stereocenters. The predicted octanol–water partition coefficient (Wildman–Crippen LogP) is 2.77. The molecule has 1 aromatic carbocycles. The quantitative estimate of drug-likeness (QED) is 0.510. The van der Waals surface area contributed by atoms with Crippen LogP contribution in [0.5, 0.6) is 0 Å². The number of carbonyl (C=O) groups is 4. The van der Waals surface area contributed by atoms with E-state index in [4.69, 9.17) is 4.74 Å². The van der Waals surface area contributed by atoms with Crippen LogP contribution in [0.3, 0.4) is 0 Å². The maximum Gasteiger partial charge on any atom is 0.321 e. The first-order valence-corrected chi connectivity index (χ1v) is 9.15. The van der Waals surface area contributed by atoms with Crippen LogP contribution in [-0.4, -0.2) is 35.8 Å². The Morgan fingerprint density at radius 1 is 1.00 bits per heavy atom. The highest BCUT2D eigenvalue weighted by Gasteiger charge is 2.20. The van der Waals surface area contributed by atoms with E-state index in [1.807, 2.05) is 12.1 Å². The number of hydrogen-bond donors (Lipinski definition) is 2. The fourth-order valence-corrected chi connectivity index (χ4v) is 2.33. The number of aryl methyl sites for hydroxylation is 1. The molecule has 0 spiro atoms. The van der Waals surface area contributed by atoms with Gasteiger partial charge in [-0.05, 0) is 32.8 Å². The SMILES string of the molecule is CCCc1ccc(C(=O)CCC(=O)O[C@@H](C)C(=O)NC(=O)NC(C)C)cc1. The van der Waals surface area contributed by atoms with Gasteiger partial charge in [-0.25, -0.2) is 4.79 Å². The van der Waals surface area contributed by atoms with E-state index in [2.05, 4.69) is 17.6 Å². The van der Waals surface area contributed by atoms with Crippen molar-refractivity contribution in [2.75, 3.05) is 0 Å². The molecule has 0 radical (unpaired) electrons. The van der Waals surface area contributed by atoms with Crippen molar-refractivity contribution in [2.24, 2.45) is 0 Å². The largest absolute Gasteiger partial charge is 0.453 e. The third-order valence-electron chi connectivity index (χ3n) is 3.70. The number of nitrogens with one attached hydrogen (secondary N) is 2. The Morgan fingerprint density at radius 2 is 1.63 bits per heavy atom. The van der Waals surface area contributed by atoms with Gasteiger partial charge in [0.05, 0.1) is 6.42 Å². The molecular weight excluding hydrogens is 348 g/mol. The zero-order chi connectivity index (χ0) is 20.4. The van der Waals surface area contributed by atoms with Crippen molar-refractivity contribution < 1.29 is 23.9 Å². The van der Waals surface area contributed by atoms with Crippen molar-refractivity contribution in [3.05, 3.63) is 35.4 Å². The summed E-state index contributed by atoms with van der Waals surface area (Å²) in [5.41, 5.74) is 1.70. The Labute approximate surface area is 159 Å². The molecule has 0 aliphatic heterocycles. The molecule has 0 aliphatic carbocycles. The summed E-state index contributed by atoms with van der Waals surface area (Å²) in [6.45, 7) is 6.95. The molecule has 0 aliphatic rings. The molecule has 0 unspecified atom stereocenters. The Kier molecular flexibility index (Phi) is 9.19. The first-order chi connectivity index (χ1) is 12.7. The number of esters is 1. The van der Waals surface area contributed by atoms with Gasteiger partial charge in [0.2, 0.25) is 0 Å². The van der Waals surface area contributed by atoms with Crippen molar-refractivity contribution in [2.45, 2.75) is 65.5 Å². The van der Waals surface area contributed by atoms with Gasteiger partial charge in [0.15, 0.2) is 11.9 Å². The van der Waals surface area contributed by atoms with E-state index in [9.17, 15) is 19.2 Å². The topological polar surface area (TPSA) is 102 Å². The fraction of sp³-hybridized carbons (Fsp3) is 0.500. The van der Waals surface area contributed by atoms with Gasteiger partial charge in [-0.1, -0.05) is 37.6 Å². The second kappa shape index (κ2) is 11.1. The minimum absolute atomic E-state index is 0.00582. The Morgan fingerprint density at radius 3 is 2.19 bits per heavy atom. The third-order valence-corrected chi connectivity index (χ3v) is 3.70. The van der Waals surface area contributed by atoms with Crippen molar-refractivity contribution in [1.29, 1.82) is 0 Å². The molecular formula is C20H28N2O5. The van der Waals surface area contributed by atoms with E-state index in [0.29, 0.717) is 5.56 Å². The molecule has 0 saturated carbocycles. The Balaban J connectivity index is 2.41. The van der Waals surface area contributed by atoms with Gasteiger partial charge in [0.1, 0.15) is 0 Å². The fourth-order valence-electron chi connectivity index (χ4n) is 2.33. The van der Waals surface area contributed by atoms with E-state index >= 15 is 0 Å². The molecule has 148 valence electrons. The number of ether oxygens (including phenoxy) is 1. The summed E-state index contributed by atoms with van der Waals surface area (Å²) >= 11 is 0. The lowest BCUT2D eigenvalue weighted by molar-refractivity contribution is -0.154. The number of ketones is 1. The van der Waals surface area contributed by atoms with Crippen molar-refractivity contribution in [1.82, 2.24) is 10.6 Å². The normalized spacial score (nSPS) is 11.6. The monoisotopic (exact) mass is 376 g/mol. The van der Waals surface area contributed by atoms with E-state index in [1.54, 1.807) is 26.0 Å². The highest BCUT2D eigenvalue weighted by molar-refractivity contribution is 5.98. The lowest BCUT2D eigenvalue weighted by Gasteiger charge is -2.14. The predicted molar refractivity (Wildman–Crippen MR) is 101 cm³/mol. The van der Waals surface area contributed by atoms with Crippen LogP contribution in [-0.2, 0) is 20.7 Å². The van der Waals surface area contributed by atoms with Crippen LogP contribution in [0.2, 0.25) is 0 Å². The molecule has 0 bridgehead atoms. The smallest absolute Gasteiger partial charge is 0.321 e. The minimum Gasteiger partial charge on any atom is -0.453 e. The van der Waals surface area contributed by atoms with Crippen LogP contribution in [0, 0.1) is 0 Å². The summed E-state index contributed by atoms with van der Waals surface area (Å²) in [4.78, 5) is 47.2. The second-order valence-corrected chi connectivity index (χ2v) is 6.62. The van der Waals surface area contributed by atoms with Crippen LogP contribution in [0.4, 0.5) is 4.79 Å². The molecule has 0 aromatic heterocycles. The van der Waals surface area contributed by atoms with Crippen LogP contribution in [0.15, 0.2) is 24.3 Å². The van der Waals surface area contributed by atoms with E-state index < -0.39 is 24.0 Å². The molecule has 2 N–H and O–H groups in total. The maximum atomic E-state index is 12.1. The highest BCUT2D eigenvalue weighted by Crippen LogP contribution is 2.10. The van der Waals surface area contributed by atoms with Gasteiger partial charge in [0.25, 0.3) is 5.91 Å². The number of imide groups is 1. The van der Waals surface area contributed by atoms with Gasteiger partial charge in [-0.15, -0.1) is 0 Å². The summed E-state index contributed by atoms with van der Waals surface area (Å²) in [5.74, 6) is -1.55. The lowest BCUT2D eigenvalue weighted by Crippen LogP contribution is -2.46. The van der Waals surface area contributed by atoms with Crippen molar-refractivity contribution in [3.63, 3.8) is 0 Å². The second-order valence-electron chi connectivity index (χ2n) is 6.62. The van der Waals surface area contributed by atoms with Gasteiger partial charge >= 0.3 is 12.0 Å². The van der Waals surface area contributed by atoms with Crippen molar-refractivity contribution in [3.8, 4) is 0 Å². The van der Waals surface area contributed by atoms with Crippen LogP contribution in [0.25, 0.3) is 0 Å². The first kappa shape index (κ1) is 22.3. The molecule has 1 rings (SSSR count).